The largest absolute Gasteiger partial charge is 0.354 e. The first-order valence-corrected chi connectivity index (χ1v) is 5.86. The number of carbonyl (C=O) groups excluding carboxylic acids is 1. The van der Waals surface area contributed by atoms with Crippen LogP contribution in [0.4, 0.5) is 0 Å². The maximum Gasteiger partial charge on any atom is 0.252 e. The molecule has 1 heterocycles. The smallest absolute Gasteiger partial charge is 0.252 e. The number of hydrogen-bond acceptors (Lipinski definition) is 4. The molecular formula is C11H17NO3S. The van der Waals surface area contributed by atoms with E-state index in [0.29, 0.717) is 6.54 Å². The lowest BCUT2D eigenvalue weighted by molar-refractivity contribution is -0.0974. The van der Waals surface area contributed by atoms with Gasteiger partial charge in [-0.3, -0.25) is 4.79 Å². The van der Waals surface area contributed by atoms with Gasteiger partial charge in [0, 0.05) is 24.5 Å². The van der Waals surface area contributed by atoms with Gasteiger partial charge in [-0.2, -0.15) is 0 Å². The summed E-state index contributed by atoms with van der Waals surface area (Å²) in [6.45, 7) is 4.30. The molecule has 1 amide bonds. The molecule has 0 aliphatic heterocycles. The van der Waals surface area contributed by atoms with Gasteiger partial charge in [-0.15, -0.1) is 11.3 Å². The first kappa shape index (κ1) is 13.2. The molecule has 0 aliphatic carbocycles. The summed E-state index contributed by atoms with van der Waals surface area (Å²) >= 11 is 1.58. The molecule has 4 nitrogen and oxygen atoms in total. The first-order valence-electron chi connectivity index (χ1n) is 4.98. The number of hydrogen-bond donors (Lipinski definition) is 1. The molecule has 0 saturated carbocycles. The van der Waals surface area contributed by atoms with Gasteiger partial charge in [0.25, 0.3) is 5.91 Å². The molecule has 0 radical (unpaired) electrons. The van der Waals surface area contributed by atoms with Crippen LogP contribution in [0.3, 0.4) is 0 Å². The zero-order valence-electron chi connectivity index (χ0n) is 9.99. The Hall–Kier alpha value is -0.910. The molecule has 1 aromatic heterocycles. The third-order valence-electron chi connectivity index (χ3n) is 2.49. The van der Waals surface area contributed by atoms with Crippen molar-refractivity contribution in [1.82, 2.24) is 5.32 Å². The van der Waals surface area contributed by atoms with Crippen molar-refractivity contribution in [2.24, 2.45) is 0 Å². The Bertz CT molecular complexity index is 358. The second-order valence-electron chi connectivity index (χ2n) is 3.44. The van der Waals surface area contributed by atoms with Gasteiger partial charge in [-0.05, 0) is 19.4 Å². The van der Waals surface area contributed by atoms with E-state index in [4.69, 9.17) is 9.47 Å². The lowest BCUT2D eigenvalue weighted by atomic mass is 10.2. The molecule has 16 heavy (non-hydrogen) atoms. The highest BCUT2D eigenvalue weighted by Gasteiger charge is 2.13. The molecule has 0 unspecified atom stereocenters. The summed E-state index contributed by atoms with van der Waals surface area (Å²) in [5.74, 6) is -0.0825. The Labute approximate surface area is 99.6 Å². The molecule has 0 aliphatic rings. The van der Waals surface area contributed by atoms with Gasteiger partial charge in [-0.1, -0.05) is 0 Å². The maximum absolute atomic E-state index is 11.8. The van der Waals surface area contributed by atoms with Crippen LogP contribution in [-0.4, -0.2) is 33.0 Å². The van der Waals surface area contributed by atoms with E-state index >= 15 is 0 Å². The van der Waals surface area contributed by atoms with Crippen molar-refractivity contribution < 1.29 is 14.3 Å². The predicted octanol–water partition coefficient (Wildman–Crippen LogP) is 1.71. The fourth-order valence-electron chi connectivity index (χ4n) is 1.27. The van der Waals surface area contributed by atoms with Gasteiger partial charge in [0.2, 0.25) is 0 Å². The number of carbonyl (C=O) groups is 1. The minimum atomic E-state index is -0.399. The fourth-order valence-corrected chi connectivity index (χ4v) is 2.14. The molecule has 1 aromatic rings. The third kappa shape index (κ3) is 3.04. The summed E-state index contributed by atoms with van der Waals surface area (Å²) in [5, 5.41) is 4.64. The molecule has 0 spiro atoms. The molecular weight excluding hydrogens is 226 g/mol. The Morgan fingerprint density at radius 1 is 1.44 bits per heavy atom. The minimum Gasteiger partial charge on any atom is -0.354 e. The number of nitrogens with one attached hydrogen (secondary N) is 1. The Morgan fingerprint density at radius 2 is 2.06 bits per heavy atom. The molecule has 0 saturated heterocycles. The Kier molecular flexibility index (Phi) is 4.92. The molecule has 0 aromatic carbocycles. The second-order valence-corrected chi connectivity index (χ2v) is 4.53. The molecule has 0 bridgehead atoms. The third-order valence-corrected chi connectivity index (χ3v) is 3.50. The lowest BCUT2D eigenvalue weighted by Crippen LogP contribution is -2.34. The van der Waals surface area contributed by atoms with Crippen molar-refractivity contribution in [2.75, 3.05) is 20.8 Å². The highest BCUT2D eigenvalue weighted by atomic mass is 32.1. The molecule has 0 fully saturated rings. The van der Waals surface area contributed by atoms with Crippen molar-refractivity contribution >= 4 is 17.2 Å². The summed E-state index contributed by atoms with van der Waals surface area (Å²) < 4.78 is 9.97. The van der Waals surface area contributed by atoms with Crippen LogP contribution in [0.25, 0.3) is 0 Å². The summed E-state index contributed by atoms with van der Waals surface area (Å²) in [6.07, 6.45) is -0.399. The van der Waals surface area contributed by atoms with E-state index in [1.165, 1.54) is 4.88 Å². The summed E-state index contributed by atoms with van der Waals surface area (Å²) in [4.78, 5) is 13.0. The fraction of sp³-hybridized carbons (Fsp3) is 0.545. The maximum atomic E-state index is 11.8. The summed E-state index contributed by atoms with van der Waals surface area (Å²) in [6, 6.07) is 0. The Morgan fingerprint density at radius 3 is 2.50 bits per heavy atom. The van der Waals surface area contributed by atoms with E-state index in [0.717, 1.165) is 11.1 Å². The van der Waals surface area contributed by atoms with Crippen molar-refractivity contribution in [2.45, 2.75) is 20.1 Å². The van der Waals surface area contributed by atoms with Crippen molar-refractivity contribution in [1.29, 1.82) is 0 Å². The summed E-state index contributed by atoms with van der Waals surface area (Å²) in [5.41, 5.74) is 1.77. The topological polar surface area (TPSA) is 47.6 Å². The van der Waals surface area contributed by atoms with E-state index in [1.54, 1.807) is 25.6 Å². The van der Waals surface area contributed by atoms with Crippen LogP contribution in [0.2, 0.25) is 0 Å². The van der Waals surface area contributed by atoms with E-state index in [1.807, 2.05) is 19.2 Å². The van der Waals surface area contributed by atoms with Crippen LogP contribution in [-0.2, 0) is 9.47 Å². The molecule has 90 valence electrons. The van der Waals surface area contributed by atoms with Crippen LogP contribution >= 0.6 is 11.3 Å². The number of rotatable bonds is 5. The minimum absolute atomic E-state index is 0.0825. The van der Waals surface area contributed by atoms with Gasteiger partial charge in [0.1, 0.15) is 0 Å². The normalized spacial score (nSPS) is 10.8. The number of methoxy groups -OCH3 is 2. The zero-order valence-corrected chi connectivity index (χ0v) is 10.8. The number of ether oxygens (including phenoxy) is 2. The van der Waals surface area contributed by atoms with Gasteiger partial charge >= 0.3 is 0 Å². The quantitative estimate of drug-likeness (QED) is 0.801. The van der Waals surface area contributed by atoms with Crippen LogP contribution < -0.4 is 5.32 Å². The first-order chi connectivity index (χ1) is 7.60. The summed E-state index contributed by atoms with van der Waals surface area (Å²) in [7, 11) is 3.08. The van der Waals surface area contributed by atoms with Crippen LogP contribution in [0, 0.1) is 13.8 Å². The van der Waals surface area contributed by atoms with Crippen molar-refractivity contribution in [3.63, 3.8) is 0 Å². The molecule has 1 N–H and O–H groups in total. The van der Waals surface area contributed by atoms with Gasteiger partial charge < -0.3 is 14.8 Å². The Balaban J connectivity index is 2.56. The van der Waals surface area contributed by atoms with Gasteiger partial charge in [-0.25, -0.2) is 0 Å². The second kappa shape index (κ2) is 5.98. The van der Waals surface area contributed by atoms with Crippen LogP contribution in [0.5, 0.6) is 0 Å². The van der Waals surface area contributed by atoms with Crippen molar-refractivity contribution in [3.05, 3.63) is 21.4 Å². The van der Waals surface area contributed by atoms with E-state index in [-0.39, 0.29) is 5.91 Å². The molecule has 1 rings (SSSR count). The lowest BCUT2D eigenvalue weighted by Gasteiger charge is -2.13. The monoisotopic (exact) mass is 243 g/mol. The van der Waals surface area contributed by atoms with E-state index in [9.17, 15) is 4.79 Å². The number of aryl methyl sites for hydroxylation is 1. The zero-order chi connectivity index (χ0) is 12.1. The van der Waals surface area contributed by atoms with Crippen LogP contribution in [0.1, 0.15) is 20.8 Å². The van der Waals surface area contributed by atoms with Gasteiger partial charge in [0.05, 0.1) is 12.1 Å². The average Bonchev–Trinajstić information content (AvgIpc) is 2.61. The van der Waals surface area contributed by atoms with Gasteiger partial charge in [0.15, 0.2) is 6.29 Å². The number of amides is 1. The number of thiophene rings is 1. The molecule has 5 heteroatoms. The average molecular weight is 243 g/mol. The molecule has 0 atom stereocenters. The highest BCUT2D eigenvalue weighted by Crippen LogP contribution is 2.20. The van der Waals surface area contributed by atoms with Crippen molar-refractivity contribution in [3.8, 4) is 0 Å². The van der Waals surface area contributed by atoms with Crippen LogP contribution in [0.15, 0.2) is 5.38 Å². The highest BCUT2D eigenvalue weighted by molar-refractivity contribution is 7.10. The SMILES string of the molecule is COC(CNC(=O)c1csc(C)c1C)OC. The van der Waals surface area contributed by atoms with E-state index < -0.39 is 6.29 Å². The predicted molar refractivity (Wildman–Crippen MR) is 63.9 cm³/mol. The standard InChI is InChI=1S/C11H17NO3S/c1-7-8(2)16-6-9(7)11(13)12-5-10(14-3)15-4/h6,10H,5H2,1-4H3,(H,12,13). The van der Waals surface area contributed by atoms with E-state index in [2.05, 4.69) is 5.32 Å².